The number of nitrogens with zero attached hydrogens (tertiary/aromatic N) is 2. The third-order valence-corrected chi connectivity index (χ3v) is 5.24. The van der Waals surface area contributed by atoms with Gasteiger partial charge in [0.2, 0.25) is 11.8 Å². The van der Waals surface area contributed by atoms with Crippen LogP contribution < -0.4 is 15.5 Å². The molecule has 2 unspecified atom stereocenters. The van der Waals surface area contributed by atoms with E-state index in [-0.39, 0.29) is 5.91 Å². The van der Waals surface area contributed by atoms with Gasteiger partial charge in [-0.25, -0.2) is 0 Å². The van der Waals surface area contributed by atoms with Crippen molar-refractivity contribution in [1.29, 1.82) is 0 Å². The molecule has 135 valence electrons. The van der Waals surface area contributed by atoms with E-state index in [0.717, 1.165) is 22.5 Å². The quantitative estimate of drug-likeness (QED) is 0.925. The molecule has 0 saturated heterocycles. The van der Waals surface area contributed by atoms with Crippen LogP contribution in [0.2, 0.25) is 0 Å². The summed E-state index contributed by atoms with van der Waals surface area (Å²) in [5, 5.41) is 0. The molecule has 0 spiro atoms. The Kier molecular flexibility index (Phi) is 4.48. The number of fused-ring (bicyclic) bond motifs is 1. The van der Waals surface area contributed by atoms with Gasteiger partial charge in [0, 0.05) is 38.2 Å². The van der Waals surface area contributed by atoms with E-state index < -0.39 is 17.4 Å². The van der Waals surface area contributed by atoms with Crippen molar-refractivity contribution in [2.45, 2.75) is 31.7 Å². The van der Waals surface area contributed by atoms with Crippen molar-refractivity contribution in [3.05, 3.63) is 59.7 Å². The number of hydrogen-bond acceptors (Lipinski definition) is 3. The van der Waals surface area contributed by atoms with Crippen molar-refractivity contribution in [3.8, 4) is 0 Å². The van der Waals surface area contributed by atoms with Gasteiger partial charge in [-0.2, -0.15) is 0 Å². The van der Waals surface area contributed by atoms with E-state index in [9.17, 15) is 9.59 Å². The number of hydrogen-bond donors (Lipinski definition) is 1. The Morgan fingerprint density at radius 3 is 2.46 bits per heavy atom. The highest BCUT2D eigenvalue weighted by atomic mass is 16.2. The summed E-state index contributed by atoms with van der Waals surface area (Å²) in [6.45, 7) is 3.56. The largest absolute Gasteiger partial charge is 0.377 e. The summed E-state index contributed by atoms with van der Waals surface area (Å²) in [5.41, 5.74) is 8.88. The highest BCUT2D eigenvalue weighted by Crippen LogP contribution is 2.47. The second-order valence-corrected chi connectivity index (χ2v) is 7.22. The molecule has 0 bridgehead atoms. The average Bonchev–Trinajstić information content (AvgIpc) is 2.61. The van der Waals surface area contributed by atoms with Gasteiger partial charge < -0.3 is 10.6 Å². The van der Waals surface area contributed by atoms with Gasteiger partial charge in [0.25, 0.3) is 0 Å². The summed E-state index contributed by atoms with van der Waals surface area (Å²) in [6.07, 6.45) is 0.439. The zero-order valence-corrected chi connectivity index (χ0v) is 15.6. The summed E-state index contributed by atoms with van der Waals surface area (Å²) in [6, 6.07) is 16.5. The Morgan fingerprint density at radius 2 is 1.92 bits per heavy atom. The minimum Gasteiger partial charge on any atom is -0.377 e. The summed E-state index contributed by atoms with van der Waals surface area (Å²) in [4.78, 5) is 28.1. The van der Waals surface area contributed by atoms with Gasteiger partial charge in [-0.3, -0.25) is 14.5 Å². The SMILES string of the molecule is CC(=O)N1c2cc(N(C)C)[c]cc2C(C)(c2ccccc2)CC1C(N)=O. The van der Waals surface area contributed by atoms with Gasteiger partial charge in [0.05, 0.1) is 5.69 Å². The van der Waals surface area contributed by atoms with E-state index in [1.54, 1.807) is 0 Å². The number of amides is 2. The molecule has 0 fully saturated rings. The fraction of sp³-hybridized carbons (Fsp3) is 0.333. The van der Waals surface area contributed by atoms with Crippen LogP contribution in [0.3, 0.4) is 0 Å². The van der Waals surface area contributed by atoms with Crippen molar-refractivity contribution < 1.29 is 9.59 Å². The first-order valence-corrected chi connectivity index (χ1v) is 8.64. The molecule has 2 amide bonds. The molecule has 1 radical (unpaired) electrons. The third kappa shape index (κ3) is 2.83. The van der Waals surface area contributed by atoms with Crippen molar-refractivity contribution >= 4 is 23.2 Å². The number of carbonyl (C=O) groups excluding carboxylic acids is 2. The topological polar surface area (TPSA) is 66.6 Å². The van der Waals surface area contributed by atoms with E-state index in [0.29, 0.717) is 6.42 Å². The number of rotatable bonds is 3. The predicted molar refractivity (Wildman–Crippen MR) is 103 cm³/mol. The Hall–Kier alpha value is -2.82. The smallest absolute Gasteiger partial charge is 0.240 e. The summed E-state index contributed by atoms with van der Waals surface area (Å²) in [5.74, 6) is -0.687. The van der Waals surface area contributed by atoms with Gasteiger partial charge in [0.15, 0.2) is 0 Å². The Labute approximate surface area is 154 Å². The zero-order valence-electron chi connectivity index (χ0n) is 15.6. The van der Waals surface area contributed by atoms with Gasteiger partial charge in [-0.1, -0.05) is 37.3 Å². The zero-order chi connectivity index (χ0) is 19.1. The highest BCUT2D eigenvalue weighted by Gasteiger charge is 2.45. The molecule has 2 aromatic carbocycles. The molecule has 1 heterocycles. The van der Waals surface area contributed by atoms with Gasteiger partial charge >= 0.3 is 0 Å². The normalized spacial score (nSPS) is 21.8. The molecular formula is C21H24N3O2. The minimum absolute atomic E-state index is 0.193. The van der Waals surface area contributed by atoms with Gasteiger partial charge in [-0.15, -0.1) is 0 Å². The molecule has 26 heavy (non-hydrogen) atoms. The van der Waals surface area contributed by atoms with Crippen LogP contribution in [-0.2, 0) is 15.0 Å². The summed E-state index contributed by atoms with van der Waals surface area (Å²) >= 11 is 0. The van der Waals surface area contributed by atoms with Crippen molar-refractivity contribution in [1.82, 2.24) is 0 Å². The van der Waals surface area contributed by atoms with Gasteiger partial charge in [0.1, 0.15) is 6.04 Å². The fourth-order valence-corrected chi connectivity index (χ4v) is 3.82. The fourth-order valence-electron chi connectivity index (χ4n) is 3.82. The first-order valence-electron chi connectivity index (χ1n) is 8.64. The molecule has 2 aromatic rings. The second kappa shape index (κ2) is 6.48. The van der Waals surface area contributed by atoms with E-state index >= 15 is 0 Å². The maximum Gasteiger partial charge on any atom is 0.240 e. The van der Waals surface area contributed by atoms with Crippen LogP contribution in [0.5, 0.6) is 0 Å². The lowest BCUT2D eigenvalue weighted by atomic mass is 9.68. The molecule has 5 heteroatoms. The van der Waals surface area contributed by atoms with E-state index in [1.807, 2.05) is 61.5 Å². The minimum atomic E-state index is -0.692. The van der Waals surface area contributed by atoms with E-state index in [1.165, 1.54) is 11.8 Å². The van der Waals surface area contributed by atoms with Crippen molar-refractivity contribution in [2.24, 2.45) is 5.73 Å². The lowest BCUT2D eigenvalue weighted by molar-refractivity contribution is -0.124. The van der Waals surface area contributed by atoms with Crippen LogP contribution in [0.15, 0.2) is 42.5 Å². The first kappa shape index (κ1) is 18.0. The molecule has 0 aromatic heterocycles. The molecular weight excluding hydrogens is 326 g/mol. The van der Waals surface area contributed by atoms with Crippen LogP contribution in [0.25, 0.3) is 0 Å². The highest BCUT2D eigenvalue weighted by molar-refractivity contribution is 6.01. The van der Waals surface area contributed by atoms with Crippen LogP contribution in [0.1, 0.15) is 31.4 Å². The van der Waals surface area contributed by atoms with Gasteiger partial charge in [-0.05, 0) is 29.7 Å². The van der Waals surface area contributed by atoms with E-state index in [4.69, 9.17) is 5.73 Å². The number of nitrogens with two attached hydrogens (primary N) is 1. The van der Waals surface area contributed by atoms with E-state index in [2.05, 4.69) is 13.0 Å². The number of benzene rings is 2. The van der Waals surface area contributed by atoms with Crippen LogP contribution in [0, 0.1) is 6.07 Å². The second-order valence-electron chi connectivity index (χ2n) is 7.22. The molecule has 3 rings (SSSR count). The molecule has 5 nitrogen and oxygen atoms in total. The van der Waals surface area contributed by atoms with Crippen LogP contribution >= 0.6 is 0 Å². The maximum absolute atomic E-state index is 12.4. The summed E-state index contributed by atoms with van der Waals surface area (Å²) in [7, 11) is 3.84. The van der Waals surface area contributed by atoms with Crippen LogP contribution in [0.4, 0.5) is 11.4 Å². The third-order valence-electron chi connectivity index (χ3n) is 5.24. The predicted octanol–water partition coefficient (Wildman–Crippen LogP) is 2.47. The molecule has 1 aliphatic rings. The lowest BCUT2D eigenvalue weighted by Gasteiger charge is -2.45. The Morgan fingerprint density at radius 1 is 1.27 bits per heavy atom. The average molecular weight is 350 g/mol. The lowest BCUT2D eigenvalue weighted by Crippen LogP contribution is -2.54. The molecule has 0 aliphatic carbocycles. The monoisotopic (exact) mass is 350 g/mol. The molecule has 2 atom stereocenters. The number of anilines is 2. The van der Waals surface area contributed by atoms with Crippen LogP contribution in [-0.4, -0.2) is 32.0 Å². The standard InChI is InChI=1S/C21H24N3O2/c1-14(25)24-18-12-16(23(3)4)10-11-17(18)21(2,13-19(24)20(22)26)15-8-6-5-7-9-15/h5-9,11-12,19H,13H2,1-4H3,(H2,22,26). The first-order chi connectivity index (χ1) is 12.3. The molecule has 0 saturated carbocycles. The molecule has 1 aliphatic heterocycles. The maximum atomic E-state index is 12.4. The summed E-state index contributed by atoms with van der Waals surface area (Å²) < 4.78 is 0. The number of primary amides is 1. The van der Waals surface area contributed by atoms with Crippen molar-refractivity contribution in [2.75, 3.05) is 23.9 Å². The number of carbonyl (C=O) groups is 2. The molecule has 2 N–H and O–H groups in total. The van der Waals surface area contributed by atoms with Crippen molar-refractivity contribution in [3.63, 3.8) is 0 Å². The Balaban J connectivity index is 2.29. The Bertz CT molecular complexity index is 848.